The minimum atomic E-state index is -1.14. The normalized spacial score (nSPS) is 16.4. The number of aliphatic hydroxyl groups is 2. The van der Waals surface area contributed by atoms with Gasteiger partial charge in [-0.05, 0) is 53.6 Å². The lowest BCUT2D eigenvalue weighted by atomic mass is 9.88. The first kappa shape index (κ1) is 45.6. The van der Waals surface area contributed by atoms with Gasteiger partial charge in [0.25, 0.3) is 0 Å². The van der Waals surface area contributed by atoms with E-state index in [9.17, 15) is 19.8 Å². The van der Waals surface area contributed by atoms with Crippen molar-refractivity contribution in [3.8, 4) is 5.75 Å². The van der Waals surface area contributed by atoms with Gasteiger partial charge >= 0.3 is 6.09 Å². The number of ether oxygens (including phenoxy) is 8. The number of aliphatic hydroxyl groups excluding tert-OH is 2. The summed E-state index contributed by atoms with van der Waals surface area (Å²) in [5, 5.41) is 28.6. The zero-order valence-corrected chi connectivity index (χ0v) is 33.2. The second kappa shape index (κ2) is 26.7. The molecule has 4 rings (SSSR count). The Bertz CT molecular complexity index is 1550. The highest BCUT2D eigenvalue weighted by Gasteiger charge is 2.35. The van der Waals surface area contributed by atoms with E-state index in [0.717, 1.165) is 22.3 Å². The average Bonchev–Trinajstić information content (AvgIpc) is 3.53. The standard InChI is InChI=1S/C43H60N2O12/c1-50-16-18-52-20-21-54-22-23-55-25-27-57-43(49)44-38(29-32-8-4-3-5-9-32)39(46)31-35(42(48)45-41-37-11-7-6-10-34(37)30-40(41)47)28-33-12-14-36(15-13-33)56-26-24-53-19-17-51-2/h3-15,35,38-41,46-47H,16-31H2,1-2H3,(H,44,49)(H,45,48). The number of carbonyl (C=O) groups is 2. The van der Waals surface area contributed by atoms with E-state index in [-0.39, 0.29) is 32.0 Å². The van der Waals surface area contributed by atoms with Crippen molar-refractivity contribution in [2.75, 3.05) is 93.5 Å². The van der Waals surface area contributed by atoms with Gasteiger partial charge in [-0.1, -0.05) is 66.7 Å². The Hall–Kier alpha value is -4.12. The van der Waals surface area contributed by atoms with Gasteiger partial charge in [-0.2, -0.15) is 0 Å². The van der Waals surface area contributed by atoms with Gasteiger partial charge in [-0.15, -0.1) is 0 Å². The van der Waals surface area contributed by atoms with Crippen LogP contribution in [0, 0.1) is 5.92 Å². The van der Waals surface area contributed by atoms with Crippen LogP contribution >= 0.6 is 0 Å². The number of amides is 2. The molecule has 0 bridgehead atoms. The van der Waals surface area contributed by atoms with Crippen molar-refractivity contribution in [3.05, 3.63) is 101 Å². The van der Waals surface area contributed by atoms with Crippen LogP contribution in [0.5, 0.6) is 5.75 Å². The minimum Gasteiger partial charge on any atom is -0.491 e. The third kappa shape index (κ3) is 17.1. The van der Waals surface area contributed by atoms with Gasteiger partial charge < -0.3 is 58.7 Å². The molecule has 1 aliphatic carbocycles. The molecule has 3 aromatic rings. The maximum absolute atomic E-state index is 14.1. The fourth-order valence-corrected chi connectivity index (χ4v) is 6.45. The van der Waals surface area contributed by atoms with Gasteiger partial charge in [0.05, 0.1) is 90.4 Å². The molecule has 1 aliphatic rings. The number of benzene rings is 3. The van der Waals surface area contributed by atoms with Crippen molar-refractivity contribution in [1.82, 2.24) is 10.6 Å². The van der Waals surface area contributed by atoms with Gasteiger partial charge in [-0.3, -0.25) is 4.79 Å². The van der Waals surface area contributed by atoms with Gasteiger partial charge in [0.2, 0.25) is 5.91 Å². The van der Waals surface area contributed by atoms with Crippen molar-refractivity contribution < 1.29 is 57.7 Å². The Morgan fingerprint density at radius 3 is 1.89 bits per heavy atom. The molecule has 0 heterocycles. The highest BCUT2D eigenvalue weighted by atomic mass is 16.6. The van der Waals surface area contributed by atoms with Crippen molar-refractivity contribution in [2.45, 2.75) is 50.0 Å². The van der Waals surface area contributed by atoms with Crippen LogP contribution in [0.1, 0.15) is 34.7 Å². The monoisotopic (exact) mass is 796 g/mol. The van der Waals surface area contributed by atoms with E-state index < -0.39 is 36.3 Å². The lowest BCUT2D eigenvalue weighted by Crippen LogP contribution is -2.47. The van der Waals surface area contributed by atoms with Crippen LogP contribution in [0.25, 0.3) is 0 Å². The Labute approximate surface area is 336 Å². The van der Waals surface area contributed by atoms with Crippen molar-refractivity contribution in [3.63, 3.8) is 0 Å². The molecule has 5 atom stereocenters. The molecule has 0 radical (unpaired) electrons. The van der Waals surface area contributed by atoms with Crippen LogP contribution in [0.3, 0.4) is 0 Å². The van der Waals surface area contributed by atoms with Crippen LogP contribution < -0.4 is 15.4 Å². The first-order valence-electron chi connectivity index (χ1n) is 19.6. The highest BCUT2D eigenvalue weighted by molar-refractivity contribution is 5.80. The second-order valence-corrected chi connectivity index (χ2v) is 13.7. The molecule has 0 saturated carbocycles. The Morgan fingerprint density at radius 2 is 1.25 bits per heavy atom. The zero-order valence-electron chi connectivity index (χ0n) is 33.2. The summed E-state index contributed by atoms with van der Waals surface area (Å²) in [6, 6.07) is 23.2. The van der Waals surface area contributed by atoms with E-state index in [1.54, 1.807) is 14.2 Å². The molecule has 0 aliphatic heterocycles. The predicted molar refractivity (Wildman–Crippen MR) is 212 cm³/mol. The van der Waals surface area contributed by atoms with E-state index in [2.05, 4.69) is 10.6 Å². The van der Waals surface area contributed by atoms with Crippen molar-refractivity contribution in [1.29, 1.82) is 0 Å². The average molecular weight is 797 g/mol. The third-order valence-electron chi connectivity index (χ3n) is 9.43. The summed E-state index contributed by atoms with van der Waals surface area (Å²) in [4.78, 5) is 27.1. The fraction of sp³-hybridized carbons (Fsp3) is 0.535. The molecule has 0 aromatic heterocycles. The van der Waals surface area contributed by atoms with E-state index >= 15 is 0 Å². The first-order chi connectivity index (χ1) is 27.9. The van der Waals surface area contributed by atoms with Crippen molar-refractivity contribution >= 4 is 12.0 Å². The Kier molecular flexibility index (Phi) is 21.4. The summed E-state index contributed by atoms with van der Waals surface area (Å²) < 4.78 is 42.9. The van der Waals surface area contributed by atoms with E-state index in [1.165, 1.54) is 0 Å². The number of alkyl carbamates (subject to hydrolysis) is 1. The molecule has 314 valence electrons. The summed E-state index contributed by atoms with van der Waals surface area (Å²) >= 11 is 0. The van der Waals surface area contributed by atoms with E-state index in [1.807, 2.05) is 78.9 Å². The largest absolute Gasteiger partial charge is 0.491 e. The maximum Gasteiger partial charge on any atom is 0.407 e. The SMILES string of the molecule is COCCOCCOCCOCCOC(=O)NC(Cc1ccccc1)C(O)CC(Cc1ccc(OCCOCCOC)cc1)C(=O)NC1c2ccccc2CC1O. The smallest absolute Gasteiger partial charge is 0.407 e. The number of methoxy groups -OCH3 is 2. The summed E-state index contributed by atoms with van der Waals surface area (Å²) in [6.45, 7) is 4.58. The van der Waals surface area contributed by atoms with Crippen molar-refractivity contribution in [2.24, 2.45) is 5.92 Å². The molecule has 57 heavy (non-hydrogen) atoms. The van der Waals surface area contributed by atoms with Gasteiger partial charge in [0, 0.05) is 26.6 Å². The van der Waals surface area contributed by atoms with Crippen LogP contribution in [-0.4, -0.2) is 134 Å². The van der Waals surface area contributed by atoms with E-state index in [4.69, 9.17) is 37.9 Å². The molecule has 0 fully saturated rings. The predicted octanol–water partition coefficient (Wildman–Crippen LogP) is 3.45. The third-order valence-corrected chi connectivity index (χ3v) is 9.43. The molecule has 0 spiro atoms. The summed E-state index contributed by atoms with van der Waals surface area (Å²) in [5.74, 6) is -0.377. The van der Waals surface area contributed by atoms with Gasteiger partial charge in [0.15, 0.2) is 0 Å². The van der Waals surface area contributed by atoms with E-state index in [0.29, 0.717) is 84.7 Å². The van der Waals surface area contributed by atoms with Gasteiger partial charge in [-0.25, -0.2) is 4.79 Å². The first-order valence-corrected chi connectivity index (χ1v) is 19.6. The lowest BCUT2D eigenvalue weighted by molar-refractivity contribution is -0.127. The van der Waals surface area contributed by atoms with Crippen LogP contribution in [0.4, 0.5) is 4.79 Å². The molecule has 14 nitrogen and oxygen atoms in total. The lowest BCUT2D eigenvalue weighted by Gasteiger charge is -2.28. The number of fused-ring (bicyclic) bond motifs is 1. The Morgan fingerprint density at radius 1 is 0.684 bits per heavy atom. The van der Waals surface area contributed by atoms with Crippen LogP contribution in [-0.2, 0) is 57.2 Å². The number of rotatable bonds is 29. The molecular weight excluding hydrogens is 736 g/mol. The minimum absolute atomic E-state index is 0.00309. The zero-order chi connectivity index (χ0) is 40.5. The number of nitrogens with one attached hydrogen (secondary N) is 2. The van der Waals surface area contributed by atoms with Crippen LogP contribution in [0.15, 0.2) is 78.9 Å². The second-order valence-electron chi connectivity index (χ2n) is 13.7. The molecule has 4 N–H and O–H groups in total. The molecule has 5 unspecified atom stereocenters. The highest BCUT2D eigenvalue weighted by Crippen LogP contribution is 2.32. The molecular formula is C43H60N2O12. The fourth-order valence-electron chi connectivity index (χ4n) is 6.45. The number of hydrogen-bond acceptors (Lipinski definition) is 12. The van der Waals surface area contributed by atoms with Gasteiger partial charge in [0.1, 0.15) is 19.0 Å². The summed E-state index contributed by atoms with van der Waals surface area (Å²) in [6.07, 6.45) is -1.59. The van der Waals surface area contributed by atoms with Crippen LogP contribution in [0.2, 0.25) is 0 Å². The number of carbonyl (C=O) groups excluding carboxylic acids is 2. The maximum atomic E-state index is 14.1. The Balaban J connectivity index is 1.37. The molecule has 2 amide bonds. The topological polar surface area (TPSA) is 172 Å². The number of hydrogen-bond donors (Lipinski definition) is 4. The summed E-state index contributed by atoms with van der Waals surface area (Å²) in [5.41, 5.74) is 3.60. The molecule has 0 saturated heterocycles. The summed E-state index contributed by atoms with van der Waals surface area (Å²) in [7, 11) is 3.23. The molecule has 14 heteroatoms. The quantitative estimate of drug-likeness (QED) is 0.0756. The molecule has 3 aromatic carbocycles.